The Morgan fingerprint density at radius 2 is 1.87 bits per heavy atom. The van der Waals surface area contributed by atoms with Crippen LogP contribution in [0.25, 0.3) is 0 Å². The van der Waals surface area contributed by atoms with Crippen molar-refractivity contribution in [1.29, 1.82) is 5.26 Å². The number of guanidine groups is 1. The van der Waals surface area contributed by atoms with Gasteiger partial charge in [-0.1, -0.05) is 18.0 Å². The van der Waals surface area contributed by atoms with Crippen LogP contribution in [0.5, 0.6) is 5.75 Å². The van der Waals surface area contributed by atoms with Gasteiger partial charge in [0.15, 0.2) is 0 Å². The Labute approximate surface area is 186 Å². The number of amides is 1. The number of pyridine rings is 1. The second-order valence-electron chi connectivity index (χ2n) is 6.33. The van der Waals surface area contributed by atoms with Crippen LogP contribution in [0.4, 0.5) is 5.69 Å². The Bertz CT molecular complexity index is 856. The van der Waals surface area contributed by atoms with Gasteiger partial charge >= 0.3 is 0 Å². The van der Waals surface area contributed by atoms with Crippen LogP contribution >= 0.6 is 11.6 Å². The molecule has 2 aromatic rings. The fourth-order valence-electron chi connectivity index (χ4n) is 2.44. The molecule has 1 aromatic carbocycles. The van der Waals surface area contributed by atoms with E-state index in [0.717, 1.165) is 24.9 Å². The van der Waals surface area contributed by atoms with Crippen LogP contribution in [0, 0.1) is 11.5 Å². The first kappa shape index (κ1) is 23.9. The molecule has 0 unspecified atom stereocenters. The number of hydroxylamine groups is 1. The largest absolute Gasteiger partial charge is 0.491 e. The van der Waals surface area contributed by atoms with Gasteiger partial charge in [0.1, 0.15) is 19.0 Å². The zero-order chi connectivity index (χ0) is 22.2. The number of aromatic nitrogens is 1. The van der Waals surface area contributed by atoms with E-state index in [0.29, 0.717) is 36.3 Å². The van der Waals surface area contributed by atoms with E-state index in [1.54, 1.807) is 55.0 Å². The minimum atomic E-state index is -0.175. The summed E-state index contributed by atoms with van der Waals surface area (Å²) in [6.45, 7) is 1.18. The molecular weight excluding hydrogens is 420 g/mol. The van der Waals surface area contributed by atoms with Crippen molar-refractivity contribution in [2.24, 2.45) is 4.99 Å². The number of anilines is 1. The number of ether oxygens (including phenoxy) is 1. The molecule has 9 nitrogen and oxygen atoms in total. The molecule has 2 rings (SSSR count). The molecule has 1 aromatic heterocycles. The second-order valence-corrected chi connectivity index (χ2v) is 6.77. The number of carbonyl (C=O) groups excluding carboxylic acids is 1. The summed E-state index contributed by atoms with van der Waals surface area (Å²) in [7, 11) is 0. The highest BCUT2D eigenvalue weighted by Crippen LogP contribution is 2.15. The summed E-state index contributed by atoms with van der Waals surface area (Å²) >= 11 is 5.80. The molecule has 0 atom stereocenters. The minimum Gasteiger partial charge on any atom is -0.491 e. The van der Waals surface area contributed by atoms with Crippen LogP contribution in [0.15, 0.2) is 53.8 Å². The highest BCUT2D eigenvalue weighted by atomic mass is 35.5. The van der Waals surface area contributed by atoms with Gasteiger partial charge < -0.3 is 15.4 Å². The van der Waals surface area contributed by atoms with E-state index in [1.165, 1.54) is 0 Å². The van der Waals surface area contributed by atoms with Crippen molar-refractivity contribution in [3.8, 4) is 11.9 Å². The first-order valence-electron chi connectivity index (χ1n) is 9.84. The van der Waals surface area contributed by atoms with Gasteiger partial charge in [-0.15, -0.1) is 4.99 Å². The summed E-state index contributed by atoms with van der Waals surface area (Å²) < 4.78 is 5.46. The van der Waals surface area contributed by atoms with E-state index >= 15 is 0 Å². The lowest BCUT2D eigenvalue weighted by molar-refractivity contribution is -0.134. The Morgan fingerprint density at radius 1 is 1.10 bits per heavy atom. The molecule has 0 radical (unpaired) electrons. The van der Waals surface area contributed by atoms with Crippen LogP contribution in [0.1, 0.15) is 25.7 Å². The standard InChI is InChI=1S/C21H25ClN6O3/c22-17-5-7-19(8-6-17)30-14-15-31-28-20(29)4-2-1-3-11-25-21(26-16-23)27-18-9-12-24-13-10-18/h5-10,12-13H,1-4,11,14-15H2,(H,28,29)(H2,24,25,26,27). The molecule has 0 aliphatic carbocycles. The molecule has 0 aliphatic heterocycles. The number of hydrogen-bond donors (Lipinski definition) is 3. The zero-order valence-electron chi connectivity index (χ0n) is 17.0. The predicted molar refractivity (Wildman–Crippen MR) is 118 cm³/mol. The van der Waals surface area contributed by atoms with E-state index in [1.807, 2.05) is 0 Å². The van der Waals surface area contributed by atoms with E-state index < -0.39 is 0 Å². The molecule has 1 amide bonds. The third-order valence-corrected chi connectivity index (χ3v) is 4.18. The van der Waals surface area contributed by atoms with Crippen LogP contribution in [-0.4, -0.2) is 36.6 Å². The van der Waals surface area contributed by atoms with Gasteiger partial charge in [0.25, 0.3) is 0 Å². The summed E-state index contributed by atoms with van der Waals surface area (Å²) in [5.41, 5.74) is 3.19. The number of rotatable bonds is 12. The SMILES string of the molecule is N#C/N=C(\NCCCCCC(=O)NOCCOc1ccc(Cl)cc1)Nc1ccncc1. The monoisotopic (exact) mass is 444 g/mol. The van der Waals surface area contributed by atoms with Gasteiger partial charge in [0.2, 0.25) is 18.1 Å². The number of benzene rings is 1. The number of nitrogens with zero attached hydrogens (tertiary/aromatic N) is 3. The fraction of sp³-hybridized carbons (Fsp3) is 0.333. The minimum absolute atomic E-state index is 0.175. The molecule has 3 N–H and O–H groups in total. The molecule has 0 bridgehead atoms. The summed E-state index contributed by atoms with van der Waals surface area (Å²) in [6, 6.07) is 10.6. The molecule has 164 valence electrons. The Balaban J connectivity index is 1.48. The Hall–Kier alpha value is -3.35. The van der Waals surface area contributed by atoms with Crippen molar-refractivity contribution in [2.75, 3.05) is 25.1 Å². The lowest BCUT2D eigenvalue weighted by atomic mass is 10.2. The maximum atomic E-state index is 11.8. The van der Waals surface area contributed by atoms with Crippen molar-refractivity contribution < 1.29 is 14.4 Å². The topological polar surface area (TPSA) is 121 Å². The summed E-state index contributed by atoms with van der Waals surface area (Å²) in [4.78, 5) is 24.5. The average molecular weight is 445 g/mol. The molecule has 0 spiro atoms. The second kappa shape index (κ2) is 14.6. The lowest BCUT2D eigenvalue weighted by Gasteiger charge is -2.10. The lowest BCUT2D eigenvalue weighted by Crippen LogP contribution is -2.31. The van der Waals surface area contributed by atoms with Gasteiger partial charge in [0, 0.05) is 36.1 Å². The van der Waals surface area contributed by atoms with Crippen LogP contribution < -0.4 is 20.9 Å². The maximum absolute atomic E-state index is 11.8. The number of unbranched alkanes of at least 4 members (excludes halogenated alkanes) is 2. The third kappa shape index (κ3) is 10.8. The molecule has 0 saturated heterocycles. The number of halogens is 1. The van der Waals surface area contributed by atoms with E-state index in [2.05, 4.69) is 26.1 Å². The highest BCUT2D eigenvalue weighted by Gasteiger charge is 2.03. The smallest absolute Gasteiger partial charge is 0.243 e. The Morgan fingerprint density at radius 3 is 2.61 bits per heavy atom. The average Bonchev–Trinajstić information content (AvgIpc) is 2.78. The molecule has 31 heavy (non-hydrogen) atoms. The van der Waals surface area contributed by atoms with Crippen molar-refractivity contribution >= 4 is 29.2 Å². The predicted octanol–water partition coefficient (Wildman–Crippen LogP) is 3.26. The number of carbonyl (C=O) groups is 1. The van der Waals surface area contributed by atoms with Gasteiger partial charge in [-0.3, -0.25) is 14.6 Å². The summed E-state index contributed by atoms with van der Waals surface area (Å²) in [5, 5.41) is 15.5. The highest BCUT2D eigenvalue weighted by molar-refractivity contribution is 6.30. The molecular formula is C21H25ClN6O3. The molecule has 0 fully saturated rings. The molecule has 0 aliphatic rings. The quantitative estimate of drug-likeness (QED) is 0.151. The van der Waals surface area contributed by atoms with Gasteiger partial charge in [-0.05, 0) is 49.2 Å². The fourth-order valence-corrected chi connectivity index (χ4v) is 2.57. The van der Waals surface area contributed by atoms with Crippen LogP contribution in [-0.2, 0) is 9.63 Å². The van der Waals surface area contributed by atoms with E-state index in [9.17, 15) is 4.79 Å². The number of aliphatic imine (C=N–C) groups is 1. The van der Waals surface area contributed by atoms with Crippen molar-refractivity contribution in [2.45, 2.75) is 25.7 Å². The van der Waals surface area contributed by atoms with Crippen molar-refractivity contribution in [3.63, 3.8) is 0 Å². The normalized spacial score (nSPS) is 10.8. The van der Waals surface area contributed by atoms with Crippen LogP contribution in [0.2, 0.25) is 5.02 Å². The molecule has 1 heterocycles. The van der Waals surface area contributed by atoms with Gasteiger partial charge in [0.05, 0.1) is 0 Å². The zero-order valence-corrected chi connectivity index (χ0v) is 17.8. The summed E-state index contributed by atoms with van der Waals surface area (Å²) in [6.07, 6.45) is 7.81. The van der Waals surface area contributed by atoms with Crippen molar-refractivity contribution in [1.82, 2.24) is 15.8 Å². The van der Waals surface area contributed by atoms with Gasteiger partial charge in [-0.2, -0.15) is 5.26 Å². The first-order valence-corrected chi connectivity index (χ1v) is 10.2. The molecule has 10 heteroatoms. The summed E-state index contributed by atoms with van der Waals surface area (Å²) in [5.74, 6) is 0.887. The molecule has 0 saturated carbocycles. The number of nitriles is 1. The van der Waals surface area contributed by atoms with Crippen LogP contribution in [0.3, 0.4) is 0 Å². The number of nitrogens with one attached hydrogen (secondary N) is 3. The maximum Gasteiger partial charge on any atom is 0.243 e. The van der Waals surface area contributed by atoms with Gasteiger partial charge in [-0.25, -0.2) is 5.48 Å². The van der Waals surface area contributed by atoms with Crippen molar-refractivity contribution in [3.05, 3.63) is 53.8 Å². The van der Waals surface area contributed by atoms with E-state index in [-0.39, 0.29) is 12.5 Å². The first-order chi connectivity index (χ1) is 15.2. The van der Waals surface area contributed by atoms with E-state index in [4.69, 9.17) is 26.4 Å². The Kier molecular flexibility index (Phi) is 11.3. The third-order valence-electron chi connectivity index (χ3n) is 3.93. The number of hydrogen-bond acceptors (Lipinski definition) is 6.